The smallest absolute Gasteiger partial charge is 0.331 e. The highest BCUT2D eigenvalue weighted by molar-refractivity contribution is 5.97. The van der Waals surface area contributed by atoms with E-state index < -0.39 is 12.1 Å². The molecule has 1 atom stereocenters. The van der Waals surface area contributed by atoms with Crippen molar-refractivity contribution in [2.45, 2.75) is 53.1 Å². The summed E-state index contributed by atoms with van der Waals surface area (Å²) >= 11 is 0. The molecule has 1 amide bonds. The highest BCUT2D eigenvalue weighted by Gasteiger charge is 2.18. The Morgan fingerprint density at radius 3 is 2.36 bits per heavy atom. The number of anilines is 1. The van der Waals surface area contributed by atoms with Crippen molar-refractivity contribution in [3.63, 3.8) is 0 Å². The zero-order valence-electron chi connectivity index (χ0n) is 17.3. The second-order valence-electron chi connectivity index (χ2n) is 7.19. The lowest BCUT2D eigenvalue weighted by molar-refractivity contribution is -0.148. The van der Waals surface area contributed by atoms with Gasteiger partial charge in [0.05, 0.1) is 0 Å². The molecule has 0 aliphatic rings. The Morgan fingerprint density at radius 2 is 1.75 bits per heavy atom. The standard InChI is InChI=1S/C24H29NO3/c1-6-20-9-7-8-17(4)23(20)25-24(27)18(5)28-22(26)15-12-19-10-13-21(14-11-19)16(2)3/h7-16,18H,6H2,1-5H3,(H,25,27)/b15-12+. The lowest BCUT2D eigenvalue weighted by Crippen LogP contribution is -2.30. The highest BCUT2D eigenvalue weighted by atomic mass is 16.5. The molecule has 0 fully saturated rings. The number of aryl methyl sites for hydroxylation is 2. The first-order valence-electron chi connectivity index (χ1n) is 9.69. The third-order valence-electron chi connectivity index (χ3n) is 4.67. The van der Waals surface area contributed by atoms with Gasteiger partial charge in [-0.25, -0.2) is 4.79 Å². The quantitative estimate of drug-likeness (QED) is 0.527. The van der Waals surface area contributed by atoms with Gasteiger partial charge in [0.25, 0.3) is 5.91 Å². The lowest BCUT2D eigenvalue weighted by Gasteiger charge is -2.16. The number of rotatable bonds is 7. The van der Waals surface area contributed by atoms with Crippen molar-refractivity contribution in [1.82, 2.24) is 0 Å². The van der Waals surface area contributed by atoms with E-state index in [0.717, 1.165) is 28.8 Å². The summed E-state index contributed by atoms with van der Waals surface area (Å²) in [7, 11) is 0. The molecule has 4 nitrogen and oxygen atoms in total. The second kappa shape index (κ2) is 9.88. The van der Waals surface area contributed by atoms with Crippen LogP contribution in [-0.2, 0) is 20.7 Å². The zero-order valence-corrected chi connectivity index (χ0v) is 17.3. The normalized spacial score (nSPS) is 12.2. The van der Waals surface area contributed by atoms with Gasteiger partial charge in [0.15, 0.2) is 6.10 Å². The van der Waals surface area contributed by atoms with Crippen LogP contribution in [0.5, 0.6) is 0 Å². The molecule has 0 spiro atoms. The molecule has 28 heavy (non-hydrogen) atoms. The summed E-state index contributed by atoms with van der Waals surface area (Å²) in [6.07, 6.45) is 2.96. The largest absolute Gasteiger partial charge is 0.449 e. The first-order valence-corrected chi connectivity index (χ1v) is 9.69. The van der Waals surface area contributed by atoms with Crippen LogP contribution in [0.25, 0.3) is 6.08 Å². The van der Waals surface area contributed by atoms with Gasteiger partial charge in [-0.2, -0.15) is 0 Å². The second-order valence-corrected chi connectivity index (χ2v) is 7.19. The van der Waals surface area contributed by atoms with Gasteiger partial charge in [-0.3, -0.25) is 4.79 Å². The zero-order chi connectivity index (χ0) is 20.7. The molecule has 1 N–H and O–H groups in total. The van der Waals surface area contributed by atoms with E-state index in [9.17, 15) is 9.59 Å². The summed E-state index contributed by atoms with van der Waals surface area (Å²) in [5, 5.41) is 2.89. The monoisotopic (exact) mass is 379 g/mol. The van der Waals surface area contributed by atoms with E-state index in [2.05, 4.69) is 19.2 Å². The van der Waals surface area contributed by atoms with Gasteiger partial charge in [-0.15, -0.1) is 0 Å². The maximum atomic E-state index is 12.4. The topological polar surface area (TPSA) is 55.4 Å². The van der Waals surface area contributed by atoms with Gasteiger partial charge in [0.1, 0.15) is 0 Å². The minimum atomic E-state index is -0.884. The molecule has 1 unspecified atom stereocenters. The SMILES string of the molecule is CCc1cccc(C)c1NC(=O)C(C)OC(=O)/C=C/c1ccc(C(C)C)cc1. The molecule has 0 bridgehead atoms. The van der Waals surface area contributed by atoms with Crippen LogP contribution >= 0.6 is 0 Å². The van der Waals surface area contributed by atoms with Gasteiger partial charge in [0.2, 0.25) is 0 Å². The fraction of sp³-hybridized carbons (Fsp3) is 0.333. The number of nitrogens with one attached hydrogen (secondary N) is 1. The van der Waals surface area contributed by atoms with E-state index in [-0.39, 0.29) is 5.91 Å². The summed E-state index contributed by atoms with van der Waals surface area (Å²) in [6.45, 7) is 9.82. The summed E-state index contributed by atoms with van der Waals surface area (Å²) in [6, 6.07) is 13.9. The molecule has 0 aliphatic heterocycles. The molecule has 148 valence electrons. The summed E-state index contributed by atoms with van der Waals surface area (Å²) in [4.78, 5) is 24.5. The van der Waals surface area contributed by atoms with Crippen molar-refractivity contribution in [3.8, 4) is 0 Å². The van der Waals surface area contributed by atoms with Crippen LogP contribution in [0.1, 0.15) is 55.9 Å². The average Bonchev–Trinajstić information content (AvgIpc) is 2.68. The minimum Gasteiger partial charge on any atom is -0.449 e. The van der Waals surface area contributed by atoms with Crippen molar-refractivity contribution in [1.29, 1.82) is 0 Å². The molecule has 2 rings (SSSR count). The van der Waals surface area contributed by atoms with E-state index in [4.69, 9.17) is 4.74 Å². The summed E-state index contributed by atoms with van der Waals surface area (Å²) in [5.41, 5.74) is 4.98. The van der Waals surface area contributed by atoms with Crippen molar-refractivity contribution >= 4 is 23.6 Å². The third kappa shape index (κ3) is 5.81. The molecule has 0 aliphatic carbocycles. The van der Waals surface area contributed by atoms with Crippen molar-refractivity contribution in [3.05, 3.63) is 70.8 Å². The number of para-hydroxylation sites is 1. The first-order chi connectivity index (χ1) is 13.3. The van der Waals surface area contributed by atoms with Crippen molar-refractivity contribution < 1.29 is 14.3 Å². The Bertz CT molecular complexity index is 851. The van der Waals surface area contributed by atoms with E-state index in [1.54, 1.807) is 13.0 Å². The molecular weight excluding hydrogens is 350 g/mol. The maximum absolute atomic E-state index is 12.4. The number of carbonyl (C=O) groups excluding carboxylic acids is 2. The fourth-order valence-corrected chi connectivity index (χ4v) is 2.85. The fourth-order valence-electron chi connectivity index (χ4n) is 2.85. The van der Waals surface area contributed by atoms with Crippen molar-refractivity contribution in [2.75, 3.05) is 5.32 Å². The predicted molar refractivity (Wildman–Crippen MR) is 114 cm³/mol. The van der Waals surface area contributed by atoms with Gasteiger partial charge in [-0.1, -0.05) is 63.2 Å². The number of amides is 1. The van der Waals surface area contributed by atoms with Crippen LogP contribution < -0.4 is 5.32 Å². The number of carbonyl (C=O) groups is 2. The first kappa shape index (κ1) is 21.4. The Hall–Kier alpha value is -2.88. The maximum Gasteiger partial charge on any atom is 0.331 e. The third-order valence-corrected chi connectivity index (χ3v) is 4.67. The van der Waals surface area contributed by atoms with Gasteiger partial charge in [0, 0.05) is 11.8 Å². The highest BCUT2D eigenvalue weighted by Crippen LogP contribution is 2.21. The Kier molecular flexibility index (Phi) is 7.56. The van der Waals surface area contributed by atoms with E-state index in [1.807, 2.05) is 56.3 Å². The Morgan fingerprint density at radius 1 is 1.07 bits per heavy atom. The molecule has 0 saturated carbocycles. The van der Waals surface area contributed by atoms with Gasteiger partial charge >= 0.3 is 5.97 Å². The molecule has 2 aromatic rings. The van der Waals surface area contributed by atoms with Crippen LogP contribution in [0.4, 0.5) is 5.69 Å². The summed E-state index contributed by atoms with van der Waals surface area (Å²) in [5.74, 6) is -0.424. The van der Waals surface area contributed by atoms with Crippen LogP contribution in [0.2, 0.25) is 0 Å². The van der Waals surface area contributed by atoms with Gasteiger partial charge in [-0.05, 0) is 54.5 Å². The Balaban J connectivity index is 1.95. The van der Waals surface area contributed by atoms with E-state index in [1.165, 1.54) is 11.6 Å². The van der Waals surface area contributed by atoms with Crippen LogP contribution in [0.15, 0.2) is 48.5 Å². The Labute approximate surface area is 167 Å². The average molecular weight is 380 g/mol. The van der Waals surface area contributed by atoms with Crippen LogP contribution in [0, 0.1) is 6.92 Å². The molecule has 0 saturated heterocycles. The van der Waals surface area contributed by atoms with Crippen LogP contribution in [0.3, 0.4) is 0 Å². The number of ether oxygens (including phenoxy) is 1. The van der Waals surface area contributed by atoms with E-state index >= 15 is 0 Å². The van der Waals surface area contributed by atoms with E-state index in [0.29, 0.717) is 5.92 Å². The molecule has 0 heterocycles. The molecule has 0 radical (unpaired) electrons. The molecule has 4 heteroatoms. The van der Waals surface area contributed by atoms with Crippen LogP contribution in [-0.4, -0.2) is 18.0 Å². The predicted octanol–water partition coefficient (Wildman–Crippen LogP) is 5.26. The van der Waals surface area contributed by atoms with Gasteiger partial charge < -0.3 is 10.1 Å². The number of esters is 1. The minimum absolute atomic E-state index is 0.341. The lowest BCUT2D eigenvalue weighted by atomic mass is 10.0. The molecule has 0 aromatic heterocycles. The number of benzene rings is 2. The summed E-state index contributed by atoms with van der Waals surface area (Å²) < 4.78 is 5.24. The number of hydrogen-bond acceptors (Lipinski definition) is 3. The molecule has 2 aromatic carbocycles. The van der Waals surface area contributed by atoms with Crippen molar-refractivity contribution in [2.24, 2.45) is 0 Å². The molecular formula is C24H29NO3. The number of hydrogen-bond donors (Lipinski definition) is 1.